The van der Waals surface area contributed by atoms with Crippen LogP contribution < -0.4 is 0 Å². The van der Waals surface area contributed by atoms with Gasteiger partial charge in [0.05, 0.1) is 5.56 Å². The molecule has 0 radical (unpaired) electrons. The van der Waals surface area contributed by atoms with Crippen LogP contribution in [0.1, 0.15) is 16.7 Å². The molecule has 1 nitrogen and oxygen atoms in total. The maximum absolute atomic E-state index is 9.65. The van der Waals surface area contributed by atoms with Crippen LogP contribution in [-0.2, 0) is 0 Å². The van der Waals surface area contributed by atoms with Crippen molar-refractivity contribution < 1.29 is 0 Å². The minimum Gasteiger partial charge on any atom is -0.192 e. The Kier molecular flexibility index (Phi) is 3.47. The molecule has 0 N–H and O–H groups in total. The summed E-state index contributed by atoms with van der Waals surface area (Å²) >= 11 is 0. The van der Waals surface area contributed by atoms with E-state index in [0.717, 1.165) is 32.7 Å². The van der Waals surface area contributed by atoms with Gasteiger partial charge in [0.25, 0.3) is 0 Å². The number of benzene rings is 4. The highest BCUT2D eigenvalue weighted by Crippen LogP contribution is 2.31. The highest BCUT2D eigenvalue weighted by atomic mass is 14.3. The third-order valence-electron chi connectivity index (χ3n) is 4.15. The van der Waals surface area contributed by atoms with Crippen LogP contribution in [0.5, 0.6) is 0 Å². The van der Waals surface area contributed by atoms with Crippen molar-refractivity contribution in [3.05, 3.63) is 95.6 Å². The maximum Gasteiger partial charge on any atom is 0.100 e. The zero-order chi connectivity index (χ0) is 16.4. The Morgan fingerprint density at radius 3 is 1.46 bits per heavy atom. The lowest BCUT2D eigenvalue weighted by Gasteiger charge is -2.09. The van der Waals surface area contributed by atoms with Gasteiger partial charge in [-0.3, -0.25) is 0 Å². The minimum atomic E-state index is 0.714. The summed E-state index contributed by atoms with van der Waals surface area (Å²) in [4.78, 5) is 0. The lowest BCUT2D eigenvalue weighted by Crippen LogP contribution is -1.89. The van der Waals surface area contributed by atoms with Gasteiger partial charge in [0.2, 0.25) is 0 Å². The van der Waals surface area contributed by atoms with E-state index in [9.17, 15) is 5.26 Å². The van der Waals surface area contributed by atoms with E-state index in [1.165, 1.54) is 0 Å². The van der Waals surface area contributed by atoms with Crippen molar-refractivity contribution in [2.45, 2.75) is 0 Å². The maximum atomic E-state index is 9.65. The number of nitriles is 1. The van der Waals surface area contributed by atoms with E-state index in [4.69, 9.17) is 0 Å². The molecule has 24 heavy (non-hydrogen) atoms. The molecule has 110 valence electrons. The summed E-state index contributed by atoms with van der Waals surface area (Å²) in [5.41, 5.74) is 2.67. The van der Waals surface area contributed by atoms with Gasteiger partial charge in [-0.15, -0.1) is 0 Å². The molecule has 0 atom stereocenters. The number of hydrogen-bond donors (Lipinski definition) is 0. The van der Waals surface area contributed by atoms with Crippen molar-refractivity contribution in [2.24, 2.45) is 0 Å². The molecule has 0 heterocycles. The summed E-state index contributed by atoms with van der Waals surface area (Å²) < 4.78 is 0. The van der Waals surface area contributed by atoms with Gasteiger partial charge >= 0.3 is 0 Å². The van der Waals surface area contributed by atoms with E-state index in [1.54, 1.807) is 0 Å². The van der Waals surface area contributed by atoms with Crippen LogP contribution in [0.3, 0.4) is 0 Å². The molecule has 0 aliphatic rings. The van der Waals surface area contributed by atoms with Crippen molar-refractivity contribution in [2.75, 3.05) is 0 Å². The van der Waals surface area contributed by atoms with Gasteiger partial charge in [-0.1, -0.05) is 78.6 Å². The molecule has 0 amide bonds. The fourth-order valence-corrected chi connectivity index (χ4v) is 3.04. The molecule has 0 aromatic heterocycles. The molecule has 0 saturated carbocycles. The topological polar surface area (TPSA) is 23.8 Å². The fourth-order valence-electron chi connectivity index (χ4n) is 3.04. The van der Waals surface area contributed by atoms with Gasteiger partial charge in [-0.2, -0.15) is 5.26 Å². The quantitative estimate of drug-likeness (QED) is 0.321. The van der Waals surface area contributed by atoms with Crippen molar-refractivity contribution >= 4 is 21.5 Å². The molecule has 0 aliphatic carbocycles. The van der Waals surface area contributed by atoms with E-state index in [1.807, 2.05) is 78.9 Å². The van der Waals surface area contributed by atoms with Gasteiger partial charge < -0.3 is 0 Å². The molecule has 0 unspecified atom stereocenters. The van der Waals surface area contributed by atoms with Crippen molar-refractivity contribution in [3.8, 4) is 17.9 Å². The predicted molar refractivity (Wildman–Crippen MR) is 98.6 cm³/mol. The van der Waals surface area contributed by atoms with E-state index in [2.05, 4.69) is 17.9 Å². The molecule has 0 fully saturated rings. The summed E-state index contributed by atoms with van der Waals surface area (Å²) in [5, 5.41) is 13.6. The Morgan fingerprint density at radius 2 is 0.958 bits per heavy atom. The van der Waals surface area contributed by atoms with Crippen LogP contribution in [0.25, 0.3) is 21.5 Å². The van der Waals surface area contributed by atoms with Crippen molar-refractivity contribution in [1.82, 2.24) is 0 Å². The molecular weight excluding hydrogens is 290 g/mol. The van der Waals surface area contributed by atoms with E-state index >= 15 is 0 Å². The normalized spacial score (nSPS) is 10.1. The first-order chi connectivity index (χ1) is 11.9. The monoisotopic (exact) mass is 303 g/mol. The molecule has 0 spiro atoms. The van der Waals surface area contributed by atoms with Gasteiger partial charge in [0.1, 0.15) is 6.07 Å². The minimum absolute atomic E-state index is 0.714. The molecule has 4 rings (SSSR count). The first-order valence-electron chi connectivity index (χ1n) is 7.79. The molecule has 4 aromatic carbocycles. The Hall–Kier alpha value is -3.55. The Labute approximate surface area is 140 Å². The lowest BCUT2D eigenvalue weighted by atomic mass is 9.92. The van der Waals surface area contributed by atoms with Crippen LogP contribution >= 0.6 is 0 Å². The standard InChI is InChI=1S/C23H13N/c24-16-23-20-12-6-4-10-18(20)22(19-11-5-7-13-21(19)23)15-14-17-8-2-1-3-9-17/h1-13H. The summed E-state index contributed by atoms with van der Waals surface area (Å²) in [7, 11) is 0. The van der Waals surface area contributed by atoms with Gasteiger partial charge in [0.15, 0.2) is 0 Å². The van der Waals surface area contributed by atoms with E-state index < -0.39 is 0 Å². The second kappa shape index (κ2) is 5.92. The van der Waals surface area contributed by atoms with Gasteiger partial charge in [-0.25, -0.2) is 0 Å². The number of rotatable bonds is 0. The first-order valence-corrected chi connectivity index (χ1v) is 7.79. The predicted octanol–water partition coefficient (Wildman–Crippen LogP) is 5.26. The largest absolute Gasteiger partial charge is 0.192 e. The summed E-state index contributed by atoms with van der Waals surface area (Å²) in [5.74, 6) is 6.59. The Bertz CT molecular complexity index is 1100. The fraction of sp³-hybridized carbons (Fsp3) is 0. The van der Waals surface area contributed by atoms with E-state index in [0.29, 0.717) is 5.56 Å². The Morgan fingerprint density at radius 1 is 0.500 bits per heavy atom. The molecule has 4 aromatic rings. The number of hydrogen-bond acceptors (Lipinski definition) is 1. The average molecular weight is 303 g/mol. The molecule has 0 bridgehead atoms. The SMILES string of the molecule is N#Cc1c2ccccc2c(C#Cc2ccccc2)c2ccccc12. The third-order valence-corrected chi connectivity index (χ3v) is 4.15. The van der Waals surface area contributed by atoms with Crippen molar-refractivity contribution in [3.63, 3.8) is 0 Å². The first kappa shape index (κ1) is 14.1. The molecule has 1 heteroatoms. The smallest absolute Gasteiger partial charge is 0.100 e. The molecule has 0 saturated heterocycles. The second-order valence-corrected chi connectivity index (χ2v) is 5.57. The van der Waals surface area contributed by atoms with Crippen LogP contribution in [0.15, 0.2) is 78.9 Å². The van der Waals surface area contributed by atoms with Gasteiger partial charge in [-0.05, 0) is 22.9 Å². The number of nitrogens with zero attached hydrogens (tertiary/aromatic N) is 1. The third kappa shape index (κ3) is 2.30. The van der Waals surface area contributed by atoms with Crippen LogP contribution in [0.4, 0.5) is 0 Å². The molecule has 0 aliphatic heterocycles. The van der Waals surface area contributed by atoms with Crippen LogP contribution in [0.2, 0.25) is 0 Å². The summed E-state index contributed by atoms with van der Waals surface area (Å²) in [6.45, 7) is 0. The van der Waals surface area contributed by atoms with Crippen LogP contribution in [-0.4, -0.2) is 0 Å². The van der Waals surface area contributed by atoms with E-state index in [-0.39, 0.29) is 0 Å². The molecular formula is C23H13N. The number of fused-ring (bicyclic) bond motifs is 2. The van der Waals surface area contributed by atoms with Crippen molar-refractivity contribution in [1.29, 1.82) is 5.26 Å². The summed E-state index contributed by atoms with van der Waals surface area (Å²) in [6, 6.07) is 28.3. The second-order valence-electron chi connectivity index (χ2n) is 5.57. The highest BCUT2D eigenvalue weighted by molar-refractivity contribution is 6.09. The van der Waals surface area contributed by atoms with Gasteiger partial charge in [0, 0.05) is 21.9 Å². The summed E-state index contributed by atoms with van der Waals surface area (Å²) in [6.07, 6.45) is 0. The zero-order valence-electron chi connectivity index (χ0n) is 13.0. The Balaban J connectivity index is 2.11. The lowest BCUT2D eigenvalue weighted by molar-refractivity contribution is 1.51. The van der Waals surface area contributed by atoms with Crippen LogP contribution in [0, 0.1) is 23.2 Å². The average Bonchev–Trinajstić information content (AvgIpc) is 2.66. The highest BCUT2D eigenvalue weighted by Gasteiger charge is 2.11. The zero-order valence-corrected chi connectivity index (χ0v) is 13.0.